The molecule has 0 aromatic carbocycles. The first kappa shape index (κ1) is 8.60. The number of hydrogen-bond acceptors (Lipinski definition) is 2. The van der Waals surface area contributed by atoms with Gasteiger partial charge in [-0.05, 0) is 24.8 Å². The lowest BCUT2D eigenvalue weighted by molar-refractivity contribution is 0.166. The molecule has 0 bridgehead atoms. The Kier molecular flexibility index (Phi) is 2.94. The van der Waals surface area contributed by atoms with Crippen molar-refractivity contribution in [2.45, 2.75) is 32.7 Å². The maximum absolute atomic E-state index is 5.90. The second-order valence-corrected chi connectivity index (χ2v) is 3.37. The fourth-order valence-electron chi connectivity index (χ4n) is 1.14. The summed E-state index contributed by atoms with van der Waals surface area (Å²) in [5.41, 5.74) is 5.90. The van der Waals surface area contributed by atoms with Gasteiger partial charge in [-0.2, -0.15) is 0 Å². The zero-order valence-corrected chi connectivity index (χ0v) is 7.34. The van der Waals surface area contributed by atoms with Crippen LogP contribution in [0.4, 0.5) is 0 Å². The average Bonchev–Trinajstić information content (AvgIpc) is 2.05. The van der Waals surface area contributed by atoms with Crippen molar-refractivity contribution in [3.05, 3.63) is 11.8 Å². The molecular weight excluding hydrogens is 138 g/mol. The molecule has 0 amide bonds. The first-order valence-electron chi connectivity index (χ1n) is 4.30. The molecule has 2 nitrogen and oxygen atoms in total. The molecule has 2 N–H and O–H groups in total. The second kappa shape index (κ2) is 3.77. The van der Waals surface area contributed by atoms with Crippen molar-refractivity contribution in [3.8, 4) is 0 Å². The van der Waals surface area contributed by atoms with E-state index in [1.807, 2.05) is 0 Å². The summed E-state index contributed by atoms with van der Waals surface area (Å²) in [4.78, 5) is 0. The van der Waals surface area contributed by atoms with Gasteiger partial charge in [0, 0.05) is 0 Å². The zero-order valence-electron chi connectivity index (χ0n) is 7.34. The molecule has 1 aliphatic rings. The molecule has 1 unspecified atom stereocenters. The summed E-state index contributed by atoms with van der Waals surface area (Å²) in [7, 11) is 0. The molecule has 64 valence electrons. The third kappa shape index (κ3) is 2.22. The highest BCUT2D eigenvalue weighted by Gasteiger charge is 2.16. The minimum atomic E-state index is 0.0929. The predicted molar refractivity (Wildman–Crippen MR) is 46.1 cm³/mol. The Bertz CT molecular complexity index is 152. The molecule has 0 aromatic rings. The Morgan fingerprint density at radius 1 is 1.55 bits per heavy atom. The van der Waals surface area contributed by atoms with Crippen LogP contribution in [0.15, 0.2) is 11.8 Å². The smallest absolute Gasteiger partial charge is 0.109 e. The summed E-state index contributed by atoms with van der Waals surface area (Å²) >= 11 is 0. The Morgan fingerprint density at radius 3 is 2.73 bits per heavy atom. The number of hydrogen-bond donors (Lipinski definition) is 1. The van der Waals surface area contributed by atoms with Crippen LogP contribution >= 0.6 is 0 Å². The monoisotopic (exact) mass is 155 g/mol. The van der Waals surface area contributed by atoms with Crippen LogP contribution in [-0.4, -0.2) is 12.6 Å². The number of allylic oxidation sites excluding steroid dienone is 1. The van der Waals surface area contributed by atoms with Gasteiger partial charge in [0.15, 0.2) is 0 Å². The van der Waals surface area contributed by atoms with Crippen LogP contribution < -0.4 is 5.73 Å². The lowest BCUT2D eigenvalue weighted by Crippen LogP contribution is -2.31. The molecule has 0 aromatic heterocycles. The van der Waals surface area contributed by atoms with E-state index in [9.17, 15) is 0 Å². The highest BCUT2D eigenvalue weighted by Crippen LogP contribution is 2.16. The van der Waals surface area contributed by atoms with Gasteiger partial charge in [0.2, 0.25) is 0 Å². The Labute approximate surface area is 68.4 Å². The largest absolute Gasteiger partial charge is 0.497 e. The summed E-state index contributed by atoms with van der Waals surface area (Å²) in [6.07, 6.45) is 4.37. The van der Waals surface area contributed by atoms with Crippen molar-refractivity contribution in [2.24, 2.45) is 11.7 Å². The molecule has 11 heavy (non-hydrogen) atoms. The SMILES string of the molecule is CC(C)C(N)C1=CCCCO1. The van der Waals surface area contributed by atoms with Crippen molar-refractivity contribution in [1.82, 2.24) is 0 Å². The van der Waals surface area contributed by atoms with Crippen LogP contribution in [0.3, 0.4) is 0 Å². The van der Waals surface area contributed by atoms with Gasteiger partial charge in [-0.1, -0.05) is 13.8 Å². The van der Waals surface area contributed by atoms with Crippen LogP contribution in [0.25, 0.3) is 0 Å². The Morgan fingerprint density at radius 2 is 2.27 bits per heavy atom. The molecule has 1 aliphatic heterocycles. The van der Waals surface area contributed by atoms with E-state index in [1.54, 1.807) is 0 Å². The van der Waals surface area contributed by atoms with Crippen LogP contribution in [0, 0.1) is 5.92 Å². The van der Waals surface area contributed by atoms with E-state index in [0.29, 0.717) is 5.92 Å². The third-order valence-electron chi connectivity index (χ3n) is 2.01. The van der Waals surface area contributed by atoms with Crippen molar-refractivity contribution in [3.63, 3.8) is 0 Å². The summed E-state index contributed by atoms with van der Waals surface area (Å²) in [6.45, 7) is 5.07. The molecule has 1 heterocycles. The van der Waals surface area contributed by atoms with Crippen LogP contribution in [0.5, 0.6) is 0 Å². The van der Waals surface area contributed by atoms with Crippen molar-refractivity contribution in [1.29, 1.82) is 0 Å². The first-order chi connectivity index (χ1) is 5.22. The van der Waals surface area contributed by atoms with Gasteiger partial charge in [-0.3, -0.25) is 0 Å². The van der Waals surface area contributed by atoms with E-state index in [1.165, 1.54) is 0 Å². The van der Waals surface area contributed by atoms with Gasteiger partial charge < -0.3 is 10.5 Å². The minimum Gasteiger partial charge on any atom is -0.497 e. The van der Waals surface area contributed by atoms with Gasteiger partial charge in [0.05, 0.1) is 12.6 Å². The molecule has 0 saturated carbocycles. The molecule has 0 fully saturated rings. The lowest BCUT2D eigenvalue weighted by atomic mass is 10.0. The van der Waals surface area contributed by atoms with Gasteiger partial charge >= 0.3 is 0 Å². The van der Waals surface area contributed by atoms with E-state index in [0.717, 1.165) is 25.2 Å². The van der Waals surface area contributed by atoms with Gasteiger partial charge in [-0.25, -0.2) is 0 Å². The second-order valence-electron chi connectivity index (χ2n) is 3.37. The van der Waals surface area contributed by atoms with E-state index >= 15 is 0 Å². The lowest BCUT2D eigenvalue weighted by Gasteiger charge is -2.22. The topological polar surface area (TPSA) is 35.2 Å². The van der Waals surface area contributed by atoms with E-state index in [-0.39, 0.29) is 6.04 Å². The molecule has 0 spiro atoms. The first-order valence-corrected chi connectivity index (χ1v) is 4.30. The van der Waals surface area contributed by atoms with Crippen molar-refractivity contribution < 1.29 is 4.74 Å². The standard InChI is InChI=1S/C9H17NO/c1-7(2)9(10)8-5-3-4-6-11-8/h5,7,9H,3-4,6,10H2,1-2H3. The maximum atomic E-state index is 5.90. The fourth-order valence-corrected chi connectivity index (χ4v) is 1.14. The molecule has 1 rings (SSSR count). The average molecular weight is 155 g/mol. The predicted octanol–water partition coefficient (Wildman–Crippen LogP) is 1.66. The molecule has 0 radical (unpaired) electrons. The highest BCUT2D eigenvalue weighted by atomic mass is 16.5. The Hall–Kier alpha value is -0.500. The van der Waals surface area contributed by atoms with Crippen molar-refractivity contribution in [2.75, 3.05) is 6.61 Å². The molecule has 2 heteroatoms. The fraction of sp³-hybridized carbons (Fsp3) is 0.778. The number of nitrogens with two attached hydrogens (primary N) is 1. The molecular formula is C9H17NO. The molecule has 0 saturated heterocycles. The van der Waals surface area contributed by atoms with Crippen LogP contribution in [0.2, 0.25) is 0 Å². The summed E-state index contributed by atoms with van der Waals surface area (Å²) in [6, 6.07) is 0.0929. The highest BCUT2D eigenvalue weighted by molar-refractivity contribution is 5.05. The summed E-state index contributed by atoms with van der Waals surface area (Å²) in [5.74, 6) is 1.46. The normalized spacial score (nSPS) is 20.9. The Balaban J connectivity index is 2.51. The van der Waals surface area contributed by atoms with E-state index in [2.05, 4.69) is 19.9 Å². The minimum absolute atomic E-state index is 0.0929. The van der Waals surface area contributed by atoms with Gasteiger partial charge in [0.25, 0.3) is 0 Å². The zero-order chi connectivity index (χ0) is 8.27. The number of rotatable bonds is 2. The van der Waals surface area contributed by atoms with Crippen LogP contribution in [-0.2, 0) is 4.74 Å². The summed E-state index contributed by atoms with van der Waals surface area (Å²) in [5, 5.41) is 0. The van der Waals surface area contributed by atoms with E-state index < -0.39 is 0 Å². The van der Waals surface area contributed by atoms with E-state index in [4.69, 9.17) is 10.5 Å². The summed E-state index contributed by atoms with van der Waals surface area (Å²) < 4.78 is 5.44. The van der Waals surface area contributed by atoms with Gasteiger partial charge in [0.1, 0.15) is 5.76 Å². The van der Waals surface area contributed by atoms with Gasteiger partial charge in [-0.15, -0.1) is 0 Å². The maximum Gasteiger partial charge on any atom is 0.109 e. The van der Waals surface area contributed by atoms with Crippen LogP contribution in [0.1, 0.15) is 26.7 Å². The number of ether oxygens (including phenoxy) is 1. The molecule has 0 aliphatic carbocycles. The quantitative estimate of drug-likeness (QED) is 0.658. The third-order valence-corrected chi connectivity index (χ3v) is 2.01. The van der Waals surface area contributed by atoms with Crippen molar-refractivity contribution >= 4 is 0 Å². The molecule has 1 atom stereocenters.